The summed E-state index contributed by atoms with van der Waals surface area (Å²) < 4.78 is 20.5. The van der Waals surface area contributed by atoms with Gasteiger partial charge < -0.3 is 18.9 Å². The lowest BCUT2D eigenvalue weighted by Crippen LogP contribution is -2.15. The van der Waals surface area contributed by atoms with Crippen molar-refractivity contribution < 1.29 is 18.9 Å². The van der Waals surface area contributed by atoms with Gasteiger partial charge in [0.1, 0.15) is 6.10 Å². The normalized spacial score (nSPS) is 12.3. The van der Waals surface area contributed by atoms with Crippen molar-refractivity contribution in [2.45, 2.75) is 19.4 Å². The Balaban J connectivity index is 3.07. The second-order valence-electron chi connectivity index (χ2n) is 3.11. The zero-order valence-corrected chi connectivity index (χ0v) is 10.1. The van der Waals surface area contributed by atoms with Crippen LogP contribution in [-0.4, -0.2) is 52.9 Å². The van der Waals surface area contributed by atoms with Crippen LogP contribution in [0.3, 0.4) is 0 Å². The molecule has 0 saturated carbocycles. The fraction of sp³-hybridized carbons (Fsp3) is 0.909. The van der Waals surface area contributed by atoms with Gasteiger partial charge >= 0.3 is 0 Å². The molecule has 1 atom stereocenters. The molecule has 0 bridgehead atoms. The highest BCUT2D eigenvalue weighted by Crippen LogP contribution is 1.95. The number of nitrogens with zero attached hydrogens (tertiary/aromatic N) is 1. The lowest BCUT2D eigenvalue weighted by molar-refractivity contribution is -0.00562. The molecular formula is C11H21NO4. The maximum atomic E-state index is 8.60. The monoisotopic (exact) mass is 231 g/mol. The fourth-order valence-electron chi connectivity index (χ4n) is 0.960. The van der Waals surface area contributed by atoms with Crippen LogP contribution in [0.5, 0.6) is 0 Å². The summed E-state index contributed by atoms with van der Waals surface area (Å²) in [4.78, 5) is 0. The Bertz CT molecular complexity index is 181. The van der Waals surface area contributed by atoms with Crippen LogP contribution < -0.4 is 0 Å². The molecule has 0 aliphatic heterocycles. The van der Waals surface area contributed by atoms with Crippen LogP contribution in [0, 0.1) is 11.3 Å². The first-order valence-corrected chi connectivity index (χ1v) is 5.50. The SMILES string of the molecule is CCC(C#N)OCCOCCOCCOC. The Morgan fingerprint density at radius 1 is 1.00 bits per heavy atom. The van der Waals surface area contributed by atoms with E-state index in [0.717, 1.165) is 0 Å². The fourth-order valence-corrected chi connectivity index (χ4v) is 0.960. The molecule has 0 aliphatic rings. The van der Waals surface area contributed by atoms with Gasteiger partial charge in [-0.05, 0) is 6.42 Å². The van der Waals surface area contributed by atoms with Gasteiger partial charge in [-0.3, -0.25) is 0 Å². The van der Waals surface area contributed by atoms with Gasteiger partial charge in [-0.2, -0.15) is 5.26 Å². The van der Waals surface area contributed by atoms with E-state index >= 15 is 0 Å². The standard InChI is InChI=1S/C11H21NO4/c1-3-11(10-12)16-9-8-15-7-6-14-5-4-13-2/h11H,3-9H2,1-2H3. The molecule has 0 heterocycles. The molecule has 5 nitrogen and oxygen atoms in total. The summed E-state index contributed by atoms with van der Waals surface area (Å²) >= 11 is 0. The Hall–Kier alpha value is -0.670. The minimum atomic E-state index is -0.318. The first-order valence-electron chi connectivity index (χ1n) is 5.50. The van der Waals surface area contributed by atoms with Crippen molar-refractivity contribution in [1.82, 2.24) is 0 Å². The lowest BCUT2D eigenvalue weighted by Gasteiger charge is -2.08. The summed E-state index contributed by atoms with van der Waals surface area (Å²) in [5.41, 5.74) is 0. The molecule has 0 aliphatic carbocycles. The van der Waals surface area contributed by atoms with Crippen LogP contribution in [0.15, 0.2) is 0 Å². The van der Waals surface area contributed by atoms with Gasteiger partial charge in [0, 0.05) is 7.11 Å². The van der Waals surface area contributed by atoms with E-state index in [4.69, 9.17) is 24.2 Å². The van der Waals surface area contributed by atoms with Crippen LogP contribution in [0.2, 0.25) is 0 Å². The van der Waals surface area contributed by atoms with Crippen molar-refractivity contribution in [2.24, 2.45) is 0 Å². The molecule has 0 aromatic carbocycles. The van der Waals surface area contributed by atoms with Crippen LogP contribution >= 0.6 is 0 Å². The Morgan fingerprint density at radius 2 is 1.56 bits per heavy atom. The second-order valence-corrected chi connectivity index (χ2v) is 3.11. The van der Waals surface area contributed by atoms with E-state index in [2.05, 4.69) is 6.07 Å². The molecule has 0 fully saturated rings. The van der Waals surface area contributed by atoms with Gasteiger partial charge in [0.25, 0.3) is 0 Å². The van der Waals surface area contributed by atoms with Gasteiger partial charge in [0.2, 0.25) is 0 Å². The minimum absolute atomic E-state index is 0.318. The number of hydrogen-bond acceptors (Lipinski definition) is 5. The van der Waals surface area contributed by atoms with Crippen molar-refractivity contribution in [3.63, 3.8) is 0 Å². The molecule has 0 rings (SSSR count). The lowest BCUT2D eigenvalue weighted by atomic mass is 10.3. The summed E-state index contributed by atoms with van der Waals surface area (Å²) in [5, 5.41) is 8.60. The van der Waals surface area contributed by atoms with E-state index in [0.29, 0.717) is 46.1 Å². The molecule has 5 heteroatoms. The molecule has 94 valence electrons. The second kappa shape index (κ2) is 12.4. The summed E-state index contributed by atoms with van der Waals surface area (Å²) in [6, 6.07) is 2.06. The Kier molecular flexibility index (Phi) is 11.9. The smallest absolute Gasteiger partial charge is 0.143 e. The van der Waals surface area contributed by atoms with E-state index < -0.39 is 0 Å². The molecule has 1 unspecified atom stereocenters. The first kappa shape index (κ1) is 15.3. The predicted octanol–water partition coefficient (Wildman–Crippen LogP) is 0.985. The molecule has 0 radical (unpaired) electrons. The van der Waals surface area contributed by atoms with Crippen molar-refractivity contribution in [3.05, 3.63) is 0 Å². The highest BCUT2D eigenvalue weighted by Gasteiger charge is 2.02. The average Bonchev–Trinajstić information content (AvgIpc) is 2.32. The third-order valence-corrected chi connectivity index (χ3v) is 1.87. The van der Waals surface area contributed by atoms with Crippen molar-refractivity contribution in [1.29, 1.82) is 5.26 Å². The van der Waals surface area contributed by atoms with E-state index in [-0.39, 0.29) is 6.10 Å². The van der Waals surface area contributed by atoms with Gasteiger partial charge in [0.05, 0.1) is 45.7 Å². The first-order chi connectivity index (χ1) is 7.85. The number of rotatable bonds is 11. The zero-order valence-electron chi connectivity index (χ0n) is 10.1. The molecule has 0 aromatic heterocycles. The third-order valence-electron chi connectivity index (χ3n) is 1.87. The summed E-state index contributed by atoms with van der Waals surface area (Å²) in [6.07, 6.45) is 0.387. The third kappa shape index (κ3) is 9.87. The van der Waals surface area contributed by atoms with Crippen LogP contribution in [0.1, 0.15) is 13.3 Å². The maximum absolute atomic E-state index is 8.60. The number of nitriles is 1. The Morgan fingerprint density at radius 3 is 2.06 bits per heavy atom. The van der Waals surface area contributed by atoms with Crippen LogP contribution in [0.25, 0.3) is 0 Å². The van der Waals surface area contributed by atoms with E-state index in [9.17, 15) is 0 Å². The Labute approximate surface area is 97.2 Å². The van der Waals surface area contributed by atoms with Gasteiger partial charge in [-0.1, -0.05) is 6.92 Å². The van der Waals surface area contributed by atoms with E-state index in [1.54, 1.807) is 7.11 Å². The summed E-state index contributed by atoms with van der Waals surface area (Å²) in [6.45, 7) is 5.13. The highest BCUT2D eigenvalue weighted by atomic mass is 16.6. The predicted molar refractivity (Wildman–Crippen MR) is 59.2 cm³/mol. The van der Waals surface area contributed by atoms with Gasteiger partial charge in [-0.25, -0.2) is 0 Å². The molecule has 0 N–H and O–H groups in total. The van der Waals surface area contributed by atoms with Crippen LogP contribution in [-0.2, 0) is 18.9 Å². The van der Waals surface area contributed by atoms with Crippen molar-refractivity contribution >= 4 is 0 Å². The molecule has 16 heavy (non-hydrogen) atoms. The number of methoxy groups -OCH3 is 1. The average molecular weight is 231 g/mol. The quantitative estimate of drug-likeness (QED) is 0.496. The van der Waals surface area contributed by atoms with Crippen LogP contribution in [0.4, 0.5) is 0 Å². The minimum Gasteiger partial charge on any atom is -0.382 e. The largest absolute Gasteiger partial charge is 0.382 e. The zero-order chi connectivity index (χ0) is 12.1. The maximum Gasteiger partial charge on any atom is 0.143 e. The molecule has 0 saturated heterocycles. The molecule has 0 aromatic rings. The number of hydrogen-bond donors (Lipinski definition) is 0. The molecular weight excluding hydrogens is 210 g/mol. The topological polar surface area (TPSA) is 60.7 Å². The molecule has 0 spiro atoms. The number of ether oxygens (including phenoxy) is 4. The van der Waals surface area contributed by atoms with E-state index in [1.807, 2.05) is 6.92 Å². The van der Waals surface area contributed by atoms with E-state index in [1.165, 1.54) is 0 Å². The highest BCUT2D eigenvalue weighted by molar-refractivity contribution is 4.82. The van der Waals surface area contributed by atoms with Gasteiger partial charge in [0.15, 0.2) is 0 Å². The van der Waals surface area contributed by atoms with Crippen molar-refractivity contribution in [2.75, 3.05) is 46.8 Å². The summed E-state index contributed by atoms with van der Waals surface area (Å²) in [7, 11) is 1.64. The van der Waals surface area contributed by atoms with Crippen molar-refractivity contribution in [3.8, 4) is 6.07 Å². The molecule has 0 amide bonds. The van der Waals surface area contributed by atoms with Gasteiger partial charge in [-0.15, -0.1) is 0 Å². The summed E-state index contributed by atoms with van der Waals surface area (Å²) in [5.74, 6) is 0.